The Morgan fingerprint density at radius 3 is 2.43 bits per heavy atom. The molecule has 0 fully saturated rings. The Morgan fingerprint density at radius 1 is 1.26 bits per heavy atom. The van der Waals surface area contributed by atoms with E-state index in [4.69, 9.17) is 23.2 Å². The van der Waals surface area contributed by atoms with Crippen LogP contribution in [0.25, 0.3) is 5.69 Å². The quantitative estimate of drug-likeness (QED) is 0.915. The smallest absolute Gasteiger partial charge is 0.292 e. The maximum atomic E-state index is 12.4. The van der Waals surface area contributed by atoms with Crippen molar-refractivity contribution in [3.63, 3.8) is 0 Å². The van der Waals surface area contributed by atoms with E-state index in [1.165, 1.54) is 15.8 Å². The van der Waals surface area contributed by atoms with Gasteiger partial charge >= 0.3 is 0 Å². The molecule has 8 heteroatoms. The van der Waals surface area contributed by atoms with Gasteiger partial charge in [-0.2, -0.15) is 9.78 Å². The van der Waals surface area contributed by atoms with Crippen LogP contribution in [0.3, 0.4) is 0 Å². The van der Waals surface area contributed by atoms with Crippen molar-refractivity contribution < 1.29 is 4.79 Å². The lowest BCUT2D eigenvalue weighted by Gasteiger charge is -2.19. The molecule has 0 spiro atoms. The minimum Gasteiger partial charge on any atom is -0.371 e. The van der Waals surface area contributed by atoms with Gasteiger partial charge in [0.15, 0.2) is 0 Å². The van der Waals surface area contributed by atoms with Crippen LogP contribution in [-0.2, 0) is 4.79 Å². The Bertz CT molecular complexity index is 772. The zero-order valence-corrected chi connectivity index (χ0v) is 14.4. The molecule has 122 valence electrons. The highest BCUT2D eigenvalue weighted by atomic mass is 35.5. The number of amides is 1. The van der Waals surface area contributed by atoms with E-state index in [9.17, 15) is 9.59 Å². The number of benzene rings is 1. The van der Waals surface area contributed by atoms with Crippen LogP contribution in [-0.4, -0.2) is 40.7 Å². The lowest BCUT2D eigenvalue weighted by Crippen LogP contribution is -2.37. The standard InChI is InChI=1S/C15H16Cl2N4O2/c1-9(14(22)20(2)3)19-12-8-18-21(15(23)13(12)17)11-6-4-10(16)5-7-11/h4-9,19H,1-3H3/t9-/m0/s1. The van der Waals surface area contributed by atoms with Gasteiger partial charge in [-0.15, -0.1) is 0 Å². The molecule has 2 rings (SSSR count). The molecule has 1 heterocycles. The number of carbonyl (C=O) groups is 1. The van der Waals surface area contributed by atoms with Crippen molar-refractivity contribution in [3.05, 3.63) is 50.9 Å². The molecule has 1 atom stereocenters. The summed E-state index contributed by atoms with van der Waals surface area (Å²) in [5.41, 5.74) is 0.373. The summed E-state index contributed by atoms with van der Waals surface area (Å²) in [4.78, 5) is 25.7. The lowest BCUT2D eigenvalue weighted by molar-refractivity contribution is -0.129. The molecule has 23 heavy (non-hydrogen) atoms. The van der Waals surface area contributed by atoms with Crippen molar-refractivity contribution in [1.29, 1.82) is 0 Å². The van der Waals surface area contributed by atoms with Crippen molar-refractivity contribution in [2.75, 3.05) is 19.4 Å². The number of carbonyl (C=O) groups excluding carboxylic acids is 1. The van der Waals surface area contributed by atoms with Crippen molar-refractivity contribution in [3.8, 4) is 5.69 Å². The van der Waals surface area contributed by atoms with Gasteiger partial charge in [0.1, 0.15) is 11.1 Å². The topological polar surface area (TPSA) is 67.2 Å². The van der Waals surface area contributed by atoms with Gasteiger partial charge in [0.05, 0.1) is 17.6 Å². The number of halogens is 2. The Kier molecular flexibility index (Phi) is 5.28. The summed E-state index contributed by atoms with van der Waals surface area (Å²) in [6.07, 6.45) is 1.41. The number of anilines is 1. The summed E-state index contributed by atoms with van der Waals surface area (Å²) in [6, 6.07) is 6.11. The Labute approximate surface area is 143 Å². The van der Waals surface area contributed by atoms with Gasteiger partial charge in [0, 0.05) is 19.1 Å². The van der Waals surface area contributed by atoms with Crippen LogP contribution < -0.4 is 10.9 Å². The minimum absolute atomic E-state index is 0.0339. The molecule has 0 aliphatic heterocycles. The van der Waals surface area contributed by atoms with Gasteiger partial charge in [-0.25, -0.2) is 0 Å². The minimum atomic E-state index is -0.532. The average molecular weight is 355 g/mol. The van der Waals surface area contributed by atoms with Crippen LogP contribution in [0.1, 0.15) is 6.92 Å². The van der Waals surface area contributed by atoms with E-state index in [0.29, 0.717) is 16.4 Å². The average Bonchev–Trinajstić information content (AvgIpc) is 2.52. The van der Waals surface area contributed by atoms with E-state index in [-0.39, 0.29) is 10.9 Å². The third-order valence-corrected chi connectivity index (χ3v) is 3.79. The zero-order chi connectivity index (χ0) is 17.1. The van der Waals surface area contributed by atoms with Gasteiger partial charge in [-0.05, 0) is 31.2 Å². The van der Waals surface area contributed by atoms with Gasteiger partial charge < -0.3 is 10.2 Å². The molecule has 0 saturated heterocycles. The maximum absolute atomic E-state index is 12.4. The molecule has 0 aliphatic rings. The SMILES string of the molecule is C[C@H](Nc1cnn(-c2ccc(Cl)cc2)c(=O)c1Cl)C(=O)N(C)C. The zero-order valence-electron chi connectivity index (χ0n) is 12.9. The Hall–Kier alpha value is -2.05. The third kappa shape index (κ3) is 3.83. The lowest BCUT2D eigenvalue weighted by atomic mass is 10.3. The summed E-state index contributed by atoms with van der Waals surface area (Å²) in [7, 11) is 3.30. The molecular weight excluding hydrogens is 339 g/mol. The van der Waals surface area contributed by atoms with E-state index in [1.807, 2.05) is 0 Å². The van der Waals surface area contributed by atoms with Crippen LogP contribution >= 0.6 is 23.2 Å². The highest BCUT2D eigenvalue weighted by Gasteiger charge is 2.18. The van der Waals surface area contributed by atoms with Gasteiger partial charge in [0.25, 0.3) is 5.56 Å². The second kappa shape index (κ2) is 7.02. The molecule has 1 aromatic carbocycles. The Balaban J connectivity index is 2.33. The van der Waals surface area contributed by atoms with Gasteiger partial charge in [-0.1, -0.05) is 23.2 Å². The van der Waals surface area contributed by atoms with Crippen molar-refractivity contribution in [1.82, 2.24) is 14.7 Å². The first-order chi connectivity index (χ1) is 10.8. The fourth-order valence-electron chi connectivity index (χ4n) is 1.98. The van der Waals surface area contributed by atoms with Crippen molar-refractivity contribution in [2.45, 2.75) is 13.0 Å². The number of aromatic nitrogens is 2. The summed E-state index contributed by atoms with van der Waals surface area (Å²) in [6.45, 7) is 1.68. The number of hydrogen-bond donors (Lipinski definition) is 1. The first kappa shape index (κ1) is 17.3. The number of rotatable bonds is 4. The molecule has 0 saturated carbocycles. The number of hydrogen-bond acceptors (Lipinski definition) is 4. The molecule has 1 aromatic heterocycles. The van der Waals surface area contributed by atoms with Gasteiger partial charge in [-0.3, -0.25) is 9.59 Å². The summed E-state index contributed by atoms with van der Waals surface area (Å²) in [5.74, 6) is -0.136. The molecular formula is C15H16Cl2N4O2. The summed E-state index contributed by atoms with van der Waals surface area (Å²) in [5, 5.41) is 7.51. The van der Waals surface area contributed by atoms with E-state index in [2.05, 4.69) is 10.4 Å². The van der Waals surface area contributed by atoms with E-state index >= 15 is 0 Å². The van der Waals surface area contributed by atoms with Crippen LogP contribution in [0.4, 0.5) is 5.69 Å². The Morgan fingerprint density at radius 2 is 1.87 bits per heavy atom. The van der Waals surface area contributed by atoms with E-state index < -0.39 is 11.6 Å². The molecule has 0 unspecified atom stereocenters. The van der Waals surface area contributed by atoms with Crippen molar-refractivity contribution in [2.24, 2.45) is 0 Å². The fourth-order valence-corrected chi connectivity index (χ4v) is 2.29. The molecule has 1 amide bonds. The second-order valence-corrected chi connectivity index (χ2v) is 5.98. The van der Waals surface area contributed by atoms with Crippen LogP contribution in [0.15, 0.2) is 35.3 Å². The molecule has 0 bridgehead atoms. The number of nitrogens with one attached hydrogen (secondary N) is 1. The van der Waals surface area contributed by atoms with Gasteiger partial charge in [0.2, 0.25) is 5.91 Å². The largest absolute Gasteiger partial charge is 0.371 e. The van der Waals surface area contributed by atoms with E-state index in [1.54, 1.807) is 45.3 Å². The summed E-state index contributed by atoms with van der Waals surface area (Å²) >= 11 is 11.9. The van der Waals surface area contributed by atoms with Crippen LogP contribution in [0, 0.1) is 0 Å². The first-order valence-electron chi connectivity index (χ1n) is 6.82. The fraction of sp³-hybridized carbons (Fsp3) is 0.267. The molecule has 1 N–H and O–H groups in total. The monoisotopic (exact) mass is 354 g/mol. The predicted octanol–water partition coefficient (Wildman–Crippen LogP) is 2.43. The summed E-state index contributed by atoms with van der Waals surface area (Å²) < 4.78 is 1.17. The number of nitrogens with zero attached hydrogens (tertiary/aromatic N) is 3. The third-order valence-electron chi connectivity index (χ3n) is 3.17. The number of likely N-dealkylation sites (N-methyl/N-ethyl adjacent to an activating group) is 1. The highest BCUT2D eigenvalue weighted by Crippen LogP contribution is 2.18. The van der Waals surface area contributed by atoms with Crippen molar-refractivity contribution >= 4 is 34.8 Å². The first-order valence-corrected chi connectivity index (χ1v) is 7.58. The normalized spacial score (nSPS) is 11.9. The van der Waals surface area contributed by atoms with Crippen LogP contribution in [0.5, 0.6) is 0 Å². The second-order valence-electron chi connectivity index (χ2n) is 5.16. The van der Waals surface area contributed by atoms with Crippen LogP contribution in [0.2, 0.25) is 10.0 Å². The molecule has 6 nitrogen and oxygen atoms in total. The maximum Gasteiger partial charge on any atom is 0.292 e. The molecule has 0 radical (unpaired) electrons. The molecule has 2 aromatic rings. The highest BCUT2D eigenvalue weighted by molar-refractivity contribution is 6.33. The predicted molar refractivity (Wildman–Crippen MR) is 91.6 cm³/mol. The van der Waals surface area contributed by atoms with E-state index in [0.717, 1.165) is 0 Å². The molecule has 0 aliphatic carbocycles.